The van der Waals surface area contributed by atoms with Crippen LogP contribution in [0, 0.1) is 38.0 Å². The van der Waals surface area contributed by atoms with Crippen LogP contribution in [-0.4, -0.2) is 112 Å². The molecule has 1 aliphatic heterocycles. The predicted molar refractivity (Wildman–Crippen MR) is 269 cm³/mol. The second kappa shape index (κ2) is 26.4. The van der Waals surface area contributed by atoms with E-state index in [-0.39, 0.29) is 94.1 Å². The number of rotatable bonds is 28. The number of aliphatic hydroxyl groups is 3. The molecule has 0 unspecified atom stereocenters. The zero-order valence-corrected chi connectivity index (χ0v) is 40.9. The van der Waals surface area contributed by atoms with Crippen molar-refractivity contribution in [3.05, 3.63) is 153 Å². The van der Waals surface area contributed by atoms with Gasteiger partial charge in [-0.2, -0.15) is 0 Å². The minimum absolute atomic E-state index is 0.00400. The minimum atomic E-state index is -1.67. The van der Waals surface area contributed by atoms with Gasteiger partial charge in [0.15, 0.2) is 0 Å². The highest BCUT2D eigenvalue weighted by Crippen LogP contribution is 2.62. The molecule has 6 atom stereocenters. The van der Waals surface area contributed by atoms with E-state index in [1.54, 1.807) is 30.0 Å². The zero-order valence-electron chi connectivity index (χ0n) is 40.0. The third kappa shape index (κ3) is 13.2. The lowest BCUT2D eigenvalue weighted by atomic mass is 9.55. The molecule has 3 aliphatic rings. The Bertz CT molecular complexity index is 2490. The molecule has 72 heavy (non-hydrogen) atoms. The molecule has 0 saturated heterocycles. The molecule has 4 aromatic carbocycles. The average Bonchev–Trinajstić information content (AvgIpc) is 3.39. The molecule has 7 rings (SSSR count). The van der Waals surface area contributed by atoms with Gasteiger partial charge in [-0.3, -0.25) is 25.1 Å². The first kappa shape index (κ1) is 53.4. The van der Waals surface area contributed by atoms with Crippen LogP contribution in [0.3, 0.4) is 0 Å². The fraction of sp³-hybridized carbons (Fsp3) is 0.434. The number of carbonyl (C=O) groups is 1. The fourth-order valence-electron chi connectivity index (χ4n) is 9.97. The van der Waals surface area contributed by atoms with Crippen LogP contribution in [0.25, 0.3) is 0 Å². The summed E-state index contributed by atoms with van der Waals surface area (Å²) in [6, 6.07) is 25.9. The van der Waals surface area contributed by atoms with Crippen LogP contribution in [0.4, 0.5) is 16.2 Å². The first-order valence-electron chi connectivity index (χ1n) is 24.3. The summed E-state index contributed by atoms with van der Waals surface area (Å²) >= 11 is 1.69. The predicted octanol–water partition coefficient (Wildman–Crippen LogP) is 9.02. The Labute approximate surface area is 422 Å². The molecule has 0 spiro atoms. The number of non-ortho nitro benzene ring substituents is 2. The van der Waals surface area contributed by atoms with Crippen molar-refractivity contribution in [2.75, 3.05) is 58.5 Å². The van der Waals surface area contributed by atoms with E-state index in [9.17, 15) is 40.3 Å². The molecule has 1 fully saturated rings. The maximum Gasteiger partial charge on any atom is 0.415 e. The summed E-state index contributed by atoms with van der Waals surface area (Å²) < 4.78 is 32.6. The number of fused-ring (bicyclic) bond motifs is 2. The van der Waals surface area contributed by atoms with Gasteiger partial charge >= 0.3 is 6.09 Å². The van der Waals surface area contributed by atoms with Crippen molar-refractivity contribution in [2.24, 2.45) is 22.9 Å². The van der Waals surface area contributed by atoms with Gasteiger partial charge < -0.3 is 43.8 Å². The van der Waals surface area contributed by atoms with E-state index >= 15 is 0 Å². The number of hydrogen-bond acceptors (Lipinski definition) is 16. The number of unbranched alkanes of at least 4 members (excludes halogenated alkanes) is 2. The van der Waals surface area contributed by atoms with Crippen molar-refractivity contribution in [3.63, 3.8) is 0 Å². The van der Waals surface area contributed by atoms with Gasteiger partial charge in [-0.15, -0.1) is 18.3 Å². The maximum atomic E-state index is 14.9. The van der Waals surface area contributed by atoms with E-state index in [0.717, 1.165) is 28.9 Å². The topological polar surface area (TPSA) is 235 Å². The lowest BCUT2D eigenvalue weighted by Crippen LogP contribution is -2.70. The van der Waals surface area contributed by atoms with Crippen molar-refractivity contribution in [3.8, 4) is 17.2 Å². The molecule has 1 heterocycles. The van der Waals surface area contributed by atoms with E-state index in [0.29, 0.717) is 60.8 Å². The van der Waals surface area contributed by atoms with Crippen molar-refractivity contribution < 1.29 is 58.5 Å². The van der Waals surface area contributed by atoms with Crippen LogP contribution in [-0.2, 0) is 20.9 Å². The largest absolute Gasteiger partial charge is 0.493 e. The number of aliphatic hydroxyl groups excluding tert-OH is 3. The van der Waals surface area contributed by atoms with Crippen molar-refractivity contribution in [1.82, 2.24) is 4.90 Å². The van der Waals surface area contributed by atoms with Gasteiger partial charge in [-0.25, -0.2) is 4.79 Å². The molecule has 0 radical (unpaired) electrons. The van der Waals surface area contributed by atoms with Crippen LogP contribution in [0.15, 0.2) is 131 Å². The summed E-state index contributed by atoms with van der Waals surface area (Å²) in [4.78, 5) is 45.5. The number of allylic oxidation sites excluding steroid dienone is 1. The van der Waals surface area contributed by atoms with Gasteiger partial charge in [-0.1, -0.05) is 48.3 Å². The van der Waals surface area contributed by atoms with E-state index in [1.165, 1.54) is 41.3 Å². The molecule has 18 nitrogen and oxygen atoms in total. The van der Waals surface area contributed by atoms with E-state index in [1.807, 2.05) is 36.4 Å². The Morgan fingerprint density at radius 2 is 1.56 bits per heavy atom. The van der Waals surface area contributed by atoms with Gasteiger partial charge in [0.2, 0.25) is 5.79 Å². The number of hydrogen-bond donors (Lipinski definition) is 3. The molecule has 0 aromatic heterocycles. The second-order valence-corrected chi connectivity index (χ2v) is 18.8. The number of thioether (sulfide) groups is 1. The Balaban J connectivity index is 1.38. The van der Waals surface area contributed by atoms with E-state index < -0.39 is 33.7 Å². The lowest BCUT2D eigenvalue weighted by molar-refractivity contribution is -0.385. The normalized spacial score (nSPS) is 21.3. The smallest absolute Gasteiger partial charge is 0.415 e. The summed E-state index contributed by atoms with van der Waals surface area (Å²) in [6.07, 6.45) is 6.96. The quantitative estimate of drug-likeness (QED) is 0.0158. The number of carbonyl (C=O) groups excluding carboxylic acids is 1. The molecule has 4 aromatic rings. The third-order valence-corrected chi connectivity index (χ3v) is 14.1. The summed E-state index contributed by atoms with van der Waals surface area (Å²) in [5, 5.41) is 57.5. The standard InChI is InChI=1S/C53H62N4O14S/c1-2-28-68-53-49(55(24-29-66-30-27-60)52(61)70-41-20-18-40(19-21-41)57(64)65)35-47(54-69-36-37-14-16-39(17-15-37)56(62)63)45-33-38(10-6-8-25-58)44(13-7-9-26-59)50(51(45)53)46-34-42(22-23-48(46)71-53)67-31-32-72-43-11-4-3-5-12-43/h2-5,11-12,14-23,33-34,38,44,49-51,58-60H,1,6-10,13,24-32,35-36H2/t38-,44+,49-,50+,51+,53+/m0/s1. The molecule has 3 N–H and O–H groups in total. The Morgan fingerprint density at radius 3 is 2.24 bits per heavy atom. The summed E-state index contributed by atoms with van der Waals surface area (Å²) in [6.45, 7) is 4.00. The molecule has 1 amide bonds. The van der Waals surface area contributed by atoms with Gasteiger partial charge in [-0.05, 0) is 103 Å². The Morgan fingerprint density at radius 1 is 0.861 bits per heavy atom. The van der Waals surface area contributed by atoms with Gasteiger partial charge in [0.05, 0.1) is 54.5 Å². The van der Waals surface area contributed by atoms with Crippen LogP contribution >= 0.6 is 11.8 Å². The van der Waals surface area contributed by atoms with Gasteiger partial charge in [0, 0.05) is 72.6 Å². The number of nitrogens with zero attached hydrogens (tertiary/aromatic N) is 4. The van der Waals surface area contributed by atoms with Gasteiger partial charge in [0.25, 0.3) is 11.4 Å². The molecule has 19 heteroatoms. The summed E-state index contributed by atoms with van der Waals surface area (Å²) in [5.41, 5.74) is 2.47. The highest BCUT2D eigenvalue weighted by Gasteiger charge is 2.65. The SMILES string of the molecule is C=CCO[C@@]12Oc3ccc(OCCSc4ccccc4)cc3[C@H]3[C@H](CCCCO)[C@@H](CCCCO)C=C(C(=NOCc4ccc([N+](=O)[O-])cc4)C[C@@H]1N(CCOCCO)C(=O)Oc1ccc([N+](=O)[O-])cc1)[C@H]32. The number of ether oxygens (including phenoxy) is 5. The van der Waals surface area contributed by atoms with Crippen molar-refractivity contribution in [1.29, 1.82) is 0 Å². The number of amides is 1. The lowest BCUT2D eigenvalue weighted by Gasteiger charge is -2.59. The second-order valence-electron chi connectivity index (χ2n) is 17.6. The van der Waals surface area contributed by atoms with Crippen molar-refractivity contribution in [2.45, 2.75) is 74.2 Å². The minimum Gasteiger partial charge on any atom is -0.493 e. The number of nitro benzene ring substituents is 2. The Kier molecular flexibility index (Phi) is 19.6. The maximum absolute atomic E-state index is 14.9. The highest BCUT2D eigenvalue weighted by molar-refractivity contribution is 7.99. The Hall–Kier alpha value is -6.35. The molecule has 0 bridgehead atoms. The highest BCUT2D eigenvalue weighted by atomic mass is 32.2. The first-order valence-corrected chi connectivity index (χ1v) is 25.2. The summed E-state index contributed by atoms with van der Waals surface area (Å²) in [7, 11) is 0. The summed E-state index contributed by atoms with van der Waals surface area (Å²) in [5.74, 6) is -0.996. The first-order chi connectivity index (χ1) is 35.1. The molecular weight excluding hydrogens is 949 g/mol. The third-order valence-electron chi connectivity index (χ3n) is 13.1. The number of benzene rings is 4. The molecule has 1 saturated carbocycles. The zero-order chi connectivity index (χ0) is 50.9. The van der Waals surface area contributed by atoms with Crippen LogP contribution in [0.5, 0.6) is 17.2 Å². The number of oxime groups is 1. The van der Waals surface area contributed by atoms with Crippen LogP contribution in [0.2, 0.25) is 0 Å². The monoisotopic (exact) mass is 1010 g/mol. The molecular formula is C53H62N4O14S. The number of nitro groups is 2. The van der Waals surface area contributed by atoms with E-state index in [4.69, 9.17) is 33.7 Å². The van der Waals surface area contributed by atoms with Crippen molar-refractivity contribution >= 4 is 34.9 Å². The van der Waals surface area contributed by atoms with E-state index in [2.05, 4.69) is 24.8 Å². The average molecular weight is 1010 g/mol. The van der Waals surface area contributed by atoms with Gasteiger partial charge in [0.1, 0.15) is 29.9 Å². The molecule has 2 aliphatic carbocycles. The van der Waals surface area contributed by atoms with Crippen LogP contribution < -0.4 is 14.2 Å². The van der Waals surface area contributed by atoms with Crippen LogP contribution in [0.1, 0.15) is 62.0 Å². The molecule has 384 valence electrons. The fourth-order valence-corrected chi connectivity index (χ4v) is 10.7.